The molecule has 1 atom stereocenters. The number of aliphatic hydroxyl groups excluding tert-OH is 1. The minimum absolute atomic E-state index is 0.0166. The predicted octanol–water partition coefficient (Wildman–Crippen LogP) is 4.42. The van der Waals surface area contributed by atoms with Crippen LogP contribution in [-0.4, -0.2) is 30.3 Å². The Hall–Kier alpha value is -2.53. The summed E-state index contributed by atoms with van der Waals surface area (Å²) >= 11 is 0. The number of ether oxygens (including phenoxy) is 2. The van der Waals surface area contributed by atoms with Crippen LogP contribution in [0.25, 0.3) is 0 Å². The van der Waals surface area contributed by atoms with Crippen molar-refractivity contribution >= 4 is 5.91 Å². The molecule has 1 aliphatic heterocycles. The van der Waals surface area contributed by atoms with Crippen molar-refractivity contribution in [3.63, 3.8) is 0 Å². The van der Waals surface area contributed by atoms with E-state index in [1.165, 1.54) is 16.7 Å². The molecule has 1 aliphatic carbocycles. The first kappa shape index (κ1) is 21.7. The van der Waals surface area contributed by atoms with Gasteiger partial charge in [0.25, 0.3) is 0 Å². The number of fused-ring (bicyclic) bond motifs is 1. The van der Waals surface area contributed by atoms with E-state index in [-0.39, 0.29) is 30.6 Å². The van der Waals surface area contributed by atoms with Crippen LogP contribution in [-0.2, 0) is 11.2 Å². The van der Waals surface area contributed by atoms with E-state index >= 15 is 0 Å². The van der Waals surface area contributed by atoms with Gasteiger partial charge in [0, 0.05) is 12.5 Å². The molecule has 1 fully saturated rings. The van der Waals surface area contributed by atoms with Crippen LogP contribution in [0, 0.1) is 19.8 Å². The zero-order valence-corrected chi connectivity index (χ0v) is 18.5. The lowest BCUT2D eigenvalue weighted by molar-refractivity contribution is -0.126. The number of benzene rings is 2. The van der Waals surface area contributed by atoms with Crippen molar-refractivity contribution in [2.45, 2.75) is 64.6 Å². The number of aliphatic hydroxyl groups is 1. The van der Waals surface area contributed by atoms with Gasteiger partial charge in [-0.2, -0.15) is 0 Å². The van der Waals surface area contributed by atoms with Gasteiger partial charge in [0.1, 0.15) is 17.6 Å². The fourth-order valence-corrected chi connectivity index (χ4v) is 4.75. The first-order chi connectivity index (χ1) is 15.0. The quantitative estimate of drug-likeness (QED) is 0.722. The minimum atomic E-state index is -0.0166. The Kier molecular flexibility index (Phi) is 6.81. The first-order valence-corrected chi connectivity index (χ1v) is 11.5. The lowest BCUT2D eigenvalue weighted by Crippen LogP contribution is -2.36. The lowest BCUT2D eigenvalue weighted by Gasteiger charge is -2.31. The van der Waals surface area contributed by atoms with Crippen LogP contribution in [0.1, 0.15) is 60.5 Å². The van der Waals surface area contributed by atoms with Crippen LogP contribution in [0.2, 0.25) is 0 Å². The van der Waals surface area contributed by atoms with Crippen LogP contribution < -0.4 is 14.8 Å². The fraction of sp³-hybridized carbons (Fsp3) is 0.500. The van der Waals surface area contributed by atoms with Crippen LogP contribution in [0.4, 0.5) is 0 Å². The second-order valence-corrected chi connectivity index (χ2v) is 8.83. The zero-order chi connectivity index (χ0) is 21.8. The molecule has 1 unspecified atom stereocenters. The molecule has 5 nitrogen and oxygen atoms in total. The molecule has 5 heteroatoms. The van der Waals surface area contributed by atoms with Crippen molar-refractivity contribution in [1.82, 2.24) is 5.32 Å². The molecule has 1 amide bonds. The molecule has 2 aromatic carbocycles. The third kappa shape index (κ3) is 5.04. The van der Waals surface area contributed by atoms with Crippen molar-refractivity contribution in [2.75, 3.05) is 13.2 Å². The summed E-state index contributed by atoms with van der Waals surface area (Å²) < 4.78 is 12.7. The third-order valence-corrected chi connectivity index (χ3v) is 6.59. The topological polar surface area (TPSA) is 67.8 Å². The molecule has 2 aromatic rings. The highest BCUT2D eigenvalue weighted by molar-refractivity contribution is 5.78. The van der Waals surface area contributed by atoms with E-state index in [0.717, 1.165) is 55.6 Å². The van der Waals surface area contributed by atoms with E-state index in [0.29, 0.717) is 6.54 Å². The Balaban J connectivity index is 1.38. The molecule has 0 aromatic heterocycles. The van der Waals surface area contributed by atoms with Crippen molar-refractivity contribution in [3.8, 4) is 11.5 Å². The molecular weight excluding hydrogens is 390 g/mol. The van der Waals surface area contributed by atoms with Gasteiger partial charge in [-0.15, -0.1) is 0 Å². The predicted molar refractivity (Wildman–Crippen MR) is 121 cm³/mol. The third-order valence-electron chi connectivity index (χ3n) is 6.59. The number of nitrogens with one attached hydrogen (secondary N) is 1. The molecule has 1 heterocycles. The van der Waals surface area contributed by atoms with Gasteiger partial charge in [0.05, 0.1) is 12.7 Å². The number of aryl methyl sites for hydroxylation is 3. The summed E-state index contributed by atoms with van der Waals surface area (Å²) in [5.41, 5.74) is 4.84. The minimum Gasteiger partial charge on any atom is -0.490 e. The average Bonchev–Trinajstić information content (AvgIpc) is 2.78. The average molecular weight is 424 g/mol. The largest absolute Gasteiger partial charge is 0.490 e. The number of hydrogen-bond acceptors (Lipinski definition) is 4. The smallest absolute Gasteiger partial charge is 0.223 e. The van der Waals surface area contributed by atoms with E-state index in [9.17, 15) is 4.79 Å². The summed E-state index contributed by atoms with van der Waals surface area (Å²) in [6.07, 6.45) is 5.59. The number of carbonyl (C=O) groups is 1. The van der Waals surface area contributed by atoms with E-state index in [1.54, 1.807) is 0 Å². The summed E-state index contributed by atoms with van der Waals surface area (Å²) in [7, 11) is 0. The van der Waals surface area contributed by atoms with Gasteiger partial charge in [-0.3, -0.25) is 4.79 Å². The maximum atomic E-state index is 12.1. The molecular formula is C26H33NO4. The molecule has 2 aliphatic rings. The van der Waals surface area contributed by atoms with Gasteiger partial charge in [0.15, 0.2) is 0 Å². The van der Waals surface area contributed by atoms with E-state index in [4.69, 9.17) is 14.6 Å². The summed E-state index contributed by atoms with van der Waals surface area (Å²) in [6.45, 7) is 4.53. The van der Waals surface area contributed by atoms with Gasteiger partial charge in [-0.05, 0) is 86.8 Å². The van der Waals surface area contributed by atoms with Crippen molar-refractivity contribution in [2.24, 2.45) is 5.92 Å². The molecule has 2 N–H and O–H groups in total. The monoisotopic (exact) mass is 423 g/mol. The summed E-state index contributed by atoms with van der Waals surface area (Å²) in [4.78, 5) is 12.1. The Morgan fingerprint density at radius 3 is 2.61 bits per heavy atom. The Labute approximate surface area is 184 Å². The van der Waals surface area contributed by atoms with Gasteiger partial charge in [-0.25, -0.2) is 0 Å². The molecule has 0 saturated heterocycles. The summed E-state index contributed by atoms with van der Waals surface area (Å²) in [5, 5.41) is 11.7. The summed E-state index contributed by atoms with van der Waals surface area (Å²) in [6, 6.07) is 12.7. The van der Waals surface area contributed by atoms with Crippen molar-refractivity contribution in [3.05, 3.63) is 58.7 Å². The highest BCUT2D eigenvalue weighted by Crippen LogP contribution is 2.40. The highest BCUT2D eigenvalue weighted by atomic mass is 16.5. The molecule has 31 heavy (non-hydrogen) atoms. The molecule has 166 valence electrons. The maximum Gasteiger partial charge on any atom is 0.223 e. The van der Waals surface area contributed by atoms with Crippen LogP contribution in [0.15, 0.2) is 36.4 Å². The number of carbonyl (C=O) groups excluding carboxylic acids is 1. The van der Waals surface area contributed by atoms with E-state index in [1.807, 2.05) is 0 Å². The molecule has 0 spiro atoms. The molecule has 0 bridgehead atoms. The van der Waals surface area contributed by atoms with Gasteiger partial charge < -0.3 is 19.9 Å². The van der Waals surface area contributed by atoms with Crippen LogP contribution in [0.5, 0.6) is 11.5 Å². The SMILES string of the molecule is Cc1cc2c(cc1OC1CCC(C(=O)NCCO)CC1)CCC(c1ccccc1C)O2. The maximum absolute atomic E-state index is 12.1. The number of hydrogen-bond donors (Lipinski definition) is 2. The first-order valence-electron chi connectivity index (χ1n) is 11.5. The zero-order valence-electron chi connectivity index (χ0n) is 18.5. The van der Waals surface area contributed by atoms with Gasteiger partial charge in [-0.1, -0.05) is 24.3 Å². The molecule has 1 saturated carbocycles. The van der Waals surface area contributed by atoms with Crippen molar-refractivity contribution < 1.29 is 19.4 Å². The standard InChI is InChI=1S/C26H33NO4/c1-17-5-3-4-6-22(17)23-12-9-20-16-24(18(2)15-25(20)31-23)30-21-10-7-19(8-11-21)26(29)27-13-14-28/h3-6,15-16,19,21,23,28H,7-14H2,1-2H3,(H,27,29). The summed E-state index contributed by atoms with van der Waals surface area (Å²) in [5.74, 6) is 1.99. The number of rotatable bonds is 6. The Morgan fingerprint density at radius 1 is 1.10 bits per heavy atom. The Bertz CT molecular complexity index is 918. The lowest BCUT2D eigenvalue weighted by atomic mass is 9.86. The number of amides is 1. The van der Waals surface area contributed by atoms with E-state index < -0.39 is 0 Å². The second kappa shape index (κ2) is 9.73. The normalized spacial score (nSPS) is 22.9. The van der Waals surface area contributed by atoms with Crippen molar-refractivity contribution in [1.29, 1.82) is 0 Å². The van der Waals surface area contributed by atoms with E-state index in [2.05, 4.69) is 55.6 Å². The highest BCUT2D eigenvalue weighted by Gasteiger charge is 2.28. The second-order valence-electron chi connectivity index (χ2n) is 8.83. The van der Waals surface area contributed by atoms with Gasteiger partial charge >= 0.3 is 0 Å². The molecule has 4 rings (SSSR count). The van der Waals surface area contributed by atoms with Gasteiger partial charge in [0.2, 0.25) is 5.91 Å². The fourth-order valence-electron chi connectivity index (χ4n) is 4.75. The Morgan fingerprint density at radius 2 is 1.87 bits per heavy atom. The van der Waals surface area contributed by atoms with Crippen LogP contribution in [0.3, 0.4) is 0 Å². The van der Waals surface area contributed by atoms with Crippen LogP contribution >= 0.6 is 0 Å². The molecule has 0 radical (unpaired) electrons.